The number of hydrogen-bond acceptors (Lipinski definition) is 6. The zero-order valence-corrected chi connectivity index (χ0v) is 11.4. The molecule has 1 aromatic carbocycles. The highest BCUT2D eigenvalue weighted by Gasteiger charge is 2.06. The van der Waals surface area contributed by atoms with Gasteiger partial charge in [-0.2, -0.15) is 0 Å². The first-order chi connectivity index (χ1) is 10.2. The molecule has 0 spiro atoms. The Morgan fingerprint density at radius 3 is 2.95 bits per heavy atom. The lowest BCUT2D eigenvalue weighted by atomic mass is 10.2. The summed E-state index contributed by atoms with van der Waals surface area (Å²) in [4.78, 5) is 4.31. The van der Waals surface area contributed by atoms with Gasteiger partial charge in [-0.05, 0) is 37.3 Å². The first-order valence-corrected chi connectivity index (χ1v) is 6.48. The second kappa shape index (κ2) is 5.62. The Bertz CT molecular complexity index is 741. The quantitative estimate of drug-likeness (QED) is 0.765. The molecule has 21 heavy (non-hydrogen) atoms. The minimum Gasteiger partial charge on any atom is -0.506 e. The third kappa shape index (κ3) is 3.00. The largest absolute Gasteiger partial charge is 0.506 e. The molecular formula is C15H14N4O2. The molecule has 0 bridgehead atoms. The molecule has 0 aliphatic rings. The van der Waals surface area contributed by atoms with Crippen molar-refractivity contribution in [1.29, 1.82) is 0 Å². The minimum atomic E-state index is 0.182. The fourth-order valence-corrected chi connectivity index (χ4v) is 1.98. The second-order valence-electron chi connectivity index (χ2n) is 4.60. The summed E-state index contributed by atoms with van der Waals surface area (Å²) in [7, 11) is 0. The maximum atomic E-state index is 9.78. The molecule has 3 rings (SSSR count). The molecule has 106 valence electrons. The van der Waals surface area contributed by atoms with Crippen LogP contribution >= 0.6 is 0 Å². The van der Waals surface area contributed by atoms with Crippen LogP contribution in [0, 0.1) is 6.92 Å². The monoisotopic (exact) mass is 282 g/mol. The van der Waals surface area contributed by atoms with Gasteiger partial charge in [-0.15, -0.1) is 10.2 Å². The van der Waals surface area contributed by atoms with E-state index in [1.807, 2.05) is 31.2 Å². The normalized spacial score (nSPS) is 10.5. The van der Waals surface area contributed by atoms with Crippen LogP contribution in [0.25, 0.3) is 11.5 Å². The van der Waals surface area contributed by atoms with Crippen LogP contribution in [0.4, 0.5) is 5.69 Å². The molecule has 6 heteroatoms. The van der Waals surface area contributed by atoms with Crippen LogP contribution < -0.4 is 5.32 Å². The summed E-state index contributed by atoms with van der Waals surface area (Å²) in [6, 6.07) is 11.0. The van der Waals surface area contributed by atoms with Crippen LogP contribution in [-0.4, -0.2) is 20.3 Å². The van der Waals surface area contributed by atoms with Gasteiger partial charge >= 0.3 is 0 Å². The summed E-state index contributed by atoms with van der Waals surface area (Å²) in [5.74, 6) is 0.649. The molecular weight excluding hydrogens is 268 g/mol. The maximum absolute atomic E-state index is 9.78. The first kappa shape index (κ1) is 13.1. The van der Waals surface area contributed by atoms with Gasteiger partial charge in [0.05, 0.1) is 6.54 Å². The molecule has 0 atom stereocenters. The second-order valence-corrected chi connectivity index (χ2v) is 4.60. The van der Waals surface area contributed by atoms with Gasteiger partial charge in [0.1, 0.15) is 11.4 Å². The van der Waals surface area contributed by atoms with E-state index in [0.717, 1.165) is 16.9 Å². The molecule has 3 aromatic rings. The number of aromatic nitrogens is 3. The molecule has 2 aromatic heterocycles. The third-order valence-corrected chi connectivity index (χ3v) is 3.02. The van der Waals surface area contributed by atoms with Crippen molar-refractivity contribution in [1.82, 2.24) is 15.2 Å². The van der Waals surface area contributed by atoms with E-state index in [9.17, 15) is 5.11 Å². The van der Waals surface area contributed by atoms with Crippen LogP contribution in [0.3, 0.4) is 0 Å². The van der Waals surface area contributed by atoms with Crippen LogP contribution in [-0.2, 0) is 6.54 Å². The number of aryl methyl sites for hydroxylation is 1. The maximum Gasteiger partial charge on any atom is 0.247 e. The van der Waals surface area contributed by atoms with Crippen LogP contribution in [0.1, 0.15) is 11.4 Å². The zero-order chi connectivity index (χ0) is 14.7. The molecule has 0 aliphatic heterocycles. The fraction of sp³-hybridized carbons (Fsp3) is 0.133. The molecule has 2 N–H and O–H groups in total. The lowest BCUT2D eigenvalue weighted by Crippen LogP contribution is -2.03. The number of hydrogen-bond donors (Lipinski definition) is 2. The van der Waals surface area contributed by atoms with Crippen LogP contribution in [0.5, 0.6) is 5.75 Å². The van der Waals surface area contributed by atoms with Gasteiger partial charge in [-0.3, -0.25) is 4.98 Å². The molecule has 0 aliphatic carbocycles. The van der Waals surface area contributed by atoms with Gasteiger partial charge in [0.15, 0.2) is 0 Å². The van der Waals surface area contributed by atoms with E-state index in [2.05, 4.69) is 20.5 Å². The third-order valence-electron chi connectivity index (χ3n) is 3.02. The Hall–Kier alpha value is -2.89. The molecule has 2 heterocycles. The molecule has 0 amide bonds. The predicted octanol–water partition coefficient (Wildman–Crippen LogP) is 2.76. The van der Waals surface area contributed by atoms with Crippen molar-refractivity contribution in [2.24, 2.45) is 0 Å². The molecule has 6 nitrogen and oxygen atoms in total. The Kier molecular flexibility index (Phi) is 3.51. The number of nitrogens with one attached hydrogen (secondary N) is 1. The van der Waals surface area contributed by atoms with E-state index in [1.165, 1.54) is 6.39 Å². The molecule has 0 radical (unpaired) electrons. The standard InChI is InChI=1S/C15H14N4O2/c1-10-5-6-14(20)13(18-10)8-16-12-4-2-3-11(7-12)15-19-17-9-21-15/h2-7,9,16,20H,8H2,1H3. The van der Waals surface area contributed by atoms with E-state index in [-0.39, 0.29) is 5.75 Å². The lowest BCUT2D eigenvalue weighted by molar-refractivity contribution is 0.464. The lowest BCUT2D eigenvalue weighted by Gasteiger charge is -2.08. The van der Waals surface area contributed by atoms with Crippen LogP contribution in [0.15, 0.2) is 47.2 Å². The van der Waals surface area contributed by atoms with E-state index in [0.29, 0.717) is 18.1 Å². The first-order valence-electron chi connectivity index (χ1n) is 6.48. The number of anilines is 1. The highest BCUT2D eigenvalue weighted by Crippen LogP contribution is 2.22. The van der Waals surface area contributed by atoms with Gasteiger partial charge in [-0.25, -0.2) is 0 Å². The van der Waals surface area contributed by atoms with E-state index in [4.69, 9.17) is 4.42 Å². The SMILES string of the molecule is Cc1ccc(O)c(CNc2cccc(-c3nnco3)c2)n1. The highest BCUT2D eigenvalue weighted by molar-refractivity contribution is 5.61. The summed E-state index contributed by atoms with van der Waals surface area (Å²) in [6.45, 7) is 2.32. The van der Waals surface area contributed by atoms with Crippen molar-refractivity contribution in [3.63, 3.8) is 0 Å². The van der Waals surface area contributed by atoms with E-state index in [1.54, 1.807) is 12.1 Å². The molecule has 0 unspecified atom stereocenters. The number of benzene rings is 1. The van der Waals surface area contributed by atoms with Crippen molar-refractivity contribution < 1.29 is 9.52 Å². The highest BCUT2D eigenvalue weighted by atomic mass is 16.4. The summed E-state index contributed by atoms with van der Waals surface area (Å²) >= 11 is 0. The van der Waals surface area contributed by atoms with Crippen molar-refractivity contribution >= 4 is 5.69 Å². The Morgan fingerprint density at radius 2 is 2.14 bits per heavy atom. The summed E-state index contributed by atoms with van der Waals surface area (Å²) in [6.07, 6.45) is 1.30. The number of pyridine rings is 1. The van der Waals surface area contributed by atoms with Crippen molar-refractivity contribution in [2.75, 3.05) is 5.32 Å². The molecule has 0 saturated carbocycles. The Balaban J connectivity index is 1.76. The summed E-state index contributed by atoms with van der Waals surface area (Å²) < 4.78 is 5.17. The molecule has 0 fully saturated rings. The number of rotatable bonds is 4. The van der Waals surface area contributed by atoms with Gasteiger partial charge in [0, 0.05) is 16.9 Å². The van der Waals surface area contributed by atoms with Gasteiger partial charge in [0.2, 0.25) is 12.3 Å². The van der Waals surface area contributed by atoms with Gasteiger partial charge < -0.3 is 14.8 Å². The predicted molar refractivity (Wildman–Crippen MR) is 77.7 cm³/mol. The van der Waals surface area contributed by atoms with Gasteiger partial charge in [-0.1, -0.05) is 6.07 Å². The van der Waals surface area contributed by atoms with Crippen molar-refractivity contribution in [3.8, 4) is 17.2 Å². The summed E-state index contributed by atoms with van der Waals surface area (Å²) in [5, 5.41) is 20.5. The van der Waals surface area contributed by atoms with Gasteiger partial charge in [0.25, 0.3) is 0 Å². The van der Waals surface area contributed by atoms with Crippen molar-refractivity contribution in [3.05, 3.63) is 54.2 Å². The number of nitrogens with zero attached hydrogens (tertiary/aromatic N) is 3. The average molecular weight is 282 g/mol. The zero-order valence-electron chi connectivity index (χ0n) is 11.4. The number of aromatic hydroxyl groups is 1. The van der Waals surface area contributed by atoms with Crippen LogP contribution in [0.2, 0.25) is 0 Å². The summed E-state index contributed by atoms with van der Waals surface area (Å²) in [5.41, 5.74) is 3.19. The fourth-order valence-electron chi connectivity index (χ4n) is 1.98. The van der Waals surface area contributed by atoms with E-state index >= 15 is 0 Å². The Labute approximate surface area is 121 Å². The van der Waals surface area contributed by atoms with E-state index < -0.39 is 0 Å². The minimum absolute atomic E-state index is 0.182. The topological polar surface area (TPSA) is 84.1 Å². The van der Waals surface area contributed by atoms with Crippen molar-refractivity contribution in [2.45, 2.75) is 13.5 Å². The smallest absolute Gasteiger partial charge is 0.247 e. The average Bonchev–Trinajstić information content (AvgIpc) is 3.03. The molecule has 0 saturated heterocycles. The Morgan fingerprint density at radius 1 is 1.24 bits per heavy atom.